The number of benzene rings is 1. The number of piperazine rings is 1. The highest BCUT2D eigenvalue weighted by Gasteiger charge is 2.35. The van der Waals surface area contributed by atoms with E-state index in [-0.39, 0.29) is 11.9 Å². The van der Waals surface area contributed by atoms with Crippen molar-refractivity contribution in [2.45, 2.75) is 51.1 Å². The molecule has 1 aromatic rings. The minimum absolute atomic E-state index is 0.0809. The molecule has 2 atom stereocenters. The lowest BCUT2D eigenvalue weighted by Gasteiger charge is -2.36. The van der Waals surface area contributed by atoms with Crippen LogP contribution < -0.4 is 10.6 Å². The molecule has 146 valence electrons. The molecule has 1 aromatic carbocycles. The van der Waals surface area contributed by atoms with E-state index in [2.05, 4.69) is 10.6 Å². The number of rotatable bonds is 3. The number of hydrogen-bond acceptors (Lipinski definition) is 3. The van der Waals surface area contributed by atoms with E-state index >= 15 is 0 Å². The van der Waals surface area contributed by atoms with Gasteiger partial charge in [0, 0.05) is 50.4 Å². The highest BCUT2D eigenvalue weighted by molar-refractivity contribution is 5.89. The van der Waals surface area contributed by atoms with Crippen molar-refractivity contribution in [3.8, 4) is 0 Å². The van der Waals surface area contributed by atoms with Crippen molar-refractivity contribution < 1.29 is 9.59 Å². The van der Waals surface area contributed by atoms with Crippen LogP contribution in [-0.2, 0) is 4.79 Å². The predicted octanol–water partition coefficient (Wildman–Crippen LogP) is 2.59. The van der Waals surface area contributed by atoms with Crippen molar-refractivity contribution in [1.82, 2.24) is 15.1 Å². The van der Waals surface area contributed by atoms with Crippen LogP contribution in [0.3, 0.4) is 0 Å². The number of aryl methyl sites for hydroxylation is 1. The number of nitrogens with one attached hydrogen (secondary N) is 2. The van der Waals surface area contributed by atoms with E-state index in [0.717, 1.165) is 24.1 Å². The third-order valence-corrected chi connectivity index (χ3v) is 6.22. The Morgan fingerprint density at radius 2 is 1.74 bits per heavy atom. The number of amides is 3. The molecule has 2 unspecified atom stereocenters. The van der Waals surface area contributed by atoms with Crippen molar-refractivity contribution in [3.63, 3.8) is 0 Å². The van der Waals surface area contributed by atoms with Crippen molar-refractivity contribution in [1.29, 1.82) is 0 Å². The van der Waals surface area contributed by atoms with Crippen molar-refractivity contribution in [3.05, 3.63) is 29.8 Å². The summed E-state index contributed by atoms with van der Waals surface area (Å²) in [5.41, 5.74) is 1.94. The Morgan fingerprint density at radius 3 is 2.41 bits per heavy atom. The molecule has 4 rings (SSSR count). The molecular weight excluding hydrogens is 340 g/mol. The lowest BCUT2D eigenvalue weighted by molar-refractivity contribution is -0.133. The lowest BCUT2D eigenvalue weighted by atomic mass is 9.89. The molecule has 3 heterocycles. The Bertz CT molecular complexity index is 687. The molecule has 3 aliphatic heterocycles. The fourth-order valence-electron chi connectivity index (χ4n) is 4.80. The Kier molecular flexibility index (Phi) is 5.34. The third kappa shape index (κ3) is 4.43. The first-order valence-corrected chi connectivity index (χ1v) is 10.2. The maximum Gasteiger partial charge on any atom is 0.321 e. The summed E-state index contributed by atoms with van der Waals surface area (Å²) in [6, 6.07) is 8.98. The summed E-state index contributed by atoms with van der Waals surface area (Å²) in [6.45, 7) is 4.48. The van der Waals surface area contributed by atoms with Gasteiger partial charge in [0.1, 0.15) is 0 Å². The summed E-state index contributed by atoms with van der Waals surface area (Å²) in [6.07, 6.45) is 5.49. The summed E-state index contributed by atoms with van der Waals surface area (Å²) >= 11 is 0. The summed E-state index contributed by atoms with van der Waals surface area (Å²) in [5, 5.41) is 6.59. The van der Waals surface area contributed by atoms with Gasteiger partial charge in [-0.2, -0.15) is 0 Å². The summed E-state index contributed by atoms with van der Waals surface area (Å²) in [5.74, 6) is 0.791. The molecule has 0 radical (unpaired) electrons. The molecule has 6 nitrogen and oxygen atoms in total. The largest absolute Gasteiger partial charge is 0.339 e. The summed E-state index contributed by atoms with van der Waals surface area (Å²) < 4.78 is 0. The molecule has 3 saturated heterocycles. The van der Waals surface area contributed by atoms with Gasteiger partial charge in [0.25, 0.3) is 0 Å². The smallest absolute Gasteiger partial charge is 0.321 e. The minimum atomic E-state index is -0.0809. The van der Waals surface area contributed by atoms with E-state index in [1.54, 1.807) is 4.90 Å². The standard InChI is InChI=1S/C21H30N4O2/c1-15-3-2-4-17(11-15)23-21(27)25-9-7-24(8-10-25)20(26)14-16-12-18-5-6-19(13-16)22-18/h2-4,11,16,18-19,22H,5-10,12-14H2,1H3,(H,23,27). The number of carbonyl (C=O) groups excluding carboxylic acids is 2. The highest BCUT2D eigenvalue weighted by Crippen LogP contribution is 2.33. The van der Waals surface area contributed by atoms with Gasteiger partial charge in [-0.15, -0.1) is 0 Å². The number of fused-ring (bicyclic) bond motifs is 2. The zero-order valence-electron chi connectivity index (χ0n) is 16.1. The van der Waals surface area contributed by atoms with E-state index in [9.17, 15) is 9.59 Å². The molecule has 3 aliphatic rings. The molecule has 27 heavy (non-hydrogen) atoms. The summed E-state index contributed by atoms with van der Waals surface area (Å²) in [4.78, 5) is 28.9. The van der Waals surface area contributed by atoms with Gasteiger partial charge in [0.05, 0.1) is 0 Å². The van der Waals surface area contributed by atoms with Crippen molar-refractivity contribution >= 4 is 17.6 Å². The van der Waals surface area contributed by atoms with Gasteiger partial charge in [0.2, 0.25) is 5.91 Å². The minimum Gasteiger partial charge on any atom is -0.339 e. The first-order valence-electron chi connectivity index (χ1n) is 10.2. The fourth-order valence-corrected chi connectivity index (χ4v) is 4.80. The number of carbonyl (C=O) groups is 2. The SMILES string of the molecule is Cc1cccc(NC(=O)N2CCN(C(=O)CC3CC4CCC(C3)N4)CC2)c1. The Balaban J connectivity index is 1.23. The topological polar surface area (TPSA) is 64.7 Å². The Hall–Kier alpha value is -2.08. The monoisotopic (exact) mass is 370 g/mol. The first kappa shape index (κ1) is 18.3. The van der Waals surface area contributed by atoms with E-state index in [0.29, 0.717) is 50.6 Å². The molecule has 3 fully saturated rings. The molecule has 6 heteroatoms. The van der Waals surface area contributed by atoms with Gasteiger partial charge < -0.3 is 20.4 Å². The first-order chi connectivity index (χ1) is 13.1. The van der Waals surface area contributed by atoms with Crippen molar-refractivity contribution in [2.24, 2.45) is 5.92 Å². The molecule has 0 aromatic heterocycles. The van der Waals surface area contributed by atoms with Crippen LogP contribution in [0.1, 0.15) is 37.7 Å². The van der Waals surface area contributed by atoms with Crippen LogP contribution in [0.25, 0.3) is 0 Å². The fraction of sp³-hybridized carbons (Fsp3) is 0.619. The van der Waals surface area contributed by atoms with E-state index in [1.807, 2.05) is 36.1 Å². The van der Waals surface area contributed by atoms with Crippen LogP contribution in [0.15, 0.2) is 24.3 Å². The van der Waals surface area contributed by atoms with E-state index < -0.39 is 0 Å². The van der Waals surface area contributed by atoms with Gasteiger partial charge in [-0.3, -0.25) is 4.79 Å². The lowest BCUT2D eigenvalue weighted by Crippen LogP contribution is -2.52. The molecule has 0 aliphatic carbocycles. The van der Waals surface area contributed by atoms with Gasteiger partial charge in [-0.25, -0.2) is 4.79 Å². The molecule has 0 spiro atoms. The summed E-state index contributed by atoms with van der Waals surface area (Å²) in [7, 11) is 0. The van der Waals surface area contributed by atoms with Gasteiger partial charge in [-0.1, -0.05) is 12.1 Å². The van der Waals surface area contributed by atoms with Crippen LogP contribution in [0, 0.1) is 12.8 Å². The molecule has 2 bridgehead atoms. The zero-order chi connectivity index (χ0) is 18.8. The van der Waals surface area contributed by atoms with Crippen LogP contribution >= 0.6 is 0 Å². The Morgan fingerprint density at radius 1 is 1.07 bits per heavy atom. The van der Waals surface area contributed by atoms with Gasteiger partial charge >= 0.3 is 6.03 Å². The second kappa shape index (κ2) is 7.89. The van der Waals surface area contributed by atoms with Gasteiger partial charge in [-0.05, 0) is 56.2 Å². The number of hydrogen-bond donors (Lipinski definition) is 2. The Labute approximate surface area is 161 Å². The normalized spacial score (nSPS) is 27.5. The molecule has 2 N–H and O–H groups in total. The van der Waals surface area contributed by atoms with Crippen LogP contribution in [0.2, 0.25) is 0 Å². The van der Waals surface area contributed by atoms with Crippen LogP contribution in [0.5, 0.6) is 0 Å². The number of anilines is 1. The maximum absolute atomic E-state index is 12.7. The average Bonchev–Trinajstić information content (AvgIpc) is 3.00. The second-order valence-corrected chi connectivity index (χ2v) is 8.35. The maximum atomic E-state index is 12.7. The van der Waals surface area contributed by atoms with Crippen LogP contribution in [-0.4, -0.2) is 60.0 Å². The van der Waals surface area contributed by atoms with E-state index in [4.69, 9.17) is 0 Å². The second-order valence-electron chi connectivity index (χ2n) is 8.35. The number of urea groups is 1. The molecular formula is C21H30N4O2. The van der Waals surface area contributed by atoms with Gasteiger partial charge in [0.15, 0.2) is 0 Å². The average molecular weight is 370 g/mol. The quantitative estimate of drug-likeness (QED) is 0.860. The predicted molar refractivity (Wildman–Crippen MR) is 106 cm³/mol. The zero-order valence-corrected chi connectivity index (χ0v) is 16.1. The van der Waals surface area contributed by atoms with Crippen LogP contribution in [0.4, 0.5) is 10.5 Å². The number of nitrogens with zero attached hydrogens (tertiary/aromatic N) is 2. The van der Waals surface area contributed by atoms with E-state index in [1.165, 1.54) is 12.8 Å². The number of piperidine rings is 1. The molecule has 3 amide bonds. The third-order valence-electron chi connectivity index (χ3n) is 6.22. The highest BCUT2D eigenvalue weighted by atomic mass is 16.2. The molecule has 0 saturated carbocycles. The van der Waals surface area contributed by atoms with Crippen molar-refractivity contribution in [2.75, 3.05) is 31.5 Å².